The third kappa shape index (κ3) is 3.85. The van der Waals surface area contributed by atoms with Gasteiger partial charge < -0.3 is 15.0 Å². The van der Waals surface area contributed by atoms with Crippen molar-refractivity contribution < 1.29 is 9.53 Å². The number of fused-ring (bicyclic) bond motifs is 1. The molecule has 0 saturated carbocycles. The summed E-state index contributed by atoms with van der Waals surface area (Å²) in [6.07, 6.45) is 2.14. The smallest absolute Gasteiger partial charge is 0.336 e. The van der Waals surface area contributed by atoms with Crippen molar-refractivity contribution in [3.8, 4) is 0 Å². The van der Waals surface area contributed by atoms with Gasteiger partial charge in [-0.25, -0.2) is 9.78 Å². The second-order valence-corrected chi connectivity index (χ2v) is 7.86. The third-order valence-electron chi connectivity index (χ3n) is 4.86. The topological polar surface area (TPSA) is 84.1 Å². The van der Waals surface area contributed by atoms with E-state index in [1.807, 2.05) is 38.1 Å². The molecule has 0 spiro atoms. The first-order valence-electron chi connectivity index (χ1n) is 9.36. The van der Waals surface area contributed by atoms with Gasteiger partial charge >= 0.3 is 5.97 Å². The fourth-order valence-electron chi connectivity index (χ4n) is 3.41. The van der Waals surface area contributed by atoms with Crippen LogP contribution >= 0.6 is 11.8 Å². The highest BCUT2D eigenvalue weighted by Gasteiger charge is 2.36. The molecule has 28 heavy (non-hydrogen) atoms. The Balaban J connectivity index is 2.17. The lowest BCUT2D eigenvalue weighted by atomic mass is 9.80. The SMILES string of the molecule is CCCCSc1nc2c(c(=O)[nH]1)[C@H](c1ccccc1C)C(C(=O)OC)=C(C)N2. The molecule has 148 valence electrons. The van der Waals surface area contributed by atoms with Gasteiger partial charge in [-0.05, 0) is 31.4 Å². The molecule has 0 unspecified atom stereocenters. The fourth-order valence-corrected chi connectivity index (χ4v) is 4.36. The number of esters is 1. The number of thioether (sulfide) groups is 1. The first-order chi connectivity index (χ1) is 13.5. The van der Waals surface area contributed by atoms with E-state index in [1.54, 1.807) is 0 Å². The van der Waals surface area contributed by atoms with E-state index in [0.717, 1.165) is 29.7 Å². The average Bonchev–Trinajstić information content (AvgIpc) is 2.67. The standard InChI is InChI=1S/C21H25N3O3S/c1-5-6-11-28-21-23-18-17(19(25)24-21)16(14-10-8-7-9-12(14)2)15(13(3)22-18)20(26)27-4/h7-10,16H,5-6,11H2,1-4H3,(H2,22,23,24,25)/t16-/m1/s1. The van der Waals surface area contributed by atoms with Crippen molar-refractivity contribution in [2.75, 3.05) is 18.2 Å². The van der Waals surface area contributed by atoms with Gasteiger partial charge in [-0.1, -0.05) is 49.4 Å². The summed E-state index contributed by atoms with van der Waals surface area (Å²) in [4.78, 5) is 33.1. The van der Waals surface area contributed by atoms with E-state index in [-0.39, 0.29) is 5.56 Å². The number of rotatable bonds is 6. The van der Waals surface area contributed by atoms with Crippen LogP contribution < -0.4 is 10.9 Å². The summed E-state index contributed by atoms with van der Waals surface area (Å²) in [5.74, 6) is 0.406. The first kappa shape index (κ1) is 20.2. The molecular weight excluding hydrogens is 374 g/mol. The maximum absolute atomic E-state index is 13.1. The van der Waals surface area contributed by atoms with E-state index in [0.29, 0.717) is 27.8 Å². The summed E-state index contributed by atoms with van der Waals surface area (Å²) in [5.41, 5.74) is 3.18. The number of allylic oxidation sites excluding steroid dienone is 1. The predicted molar refractivity (Wildman–Crippen MR) is 112 cm³/mol. The molecule has 7 heteroatoms. The van der Waals surface area contributed by atoms with E-state index in [9.17, 15) is 9.59 Å². The Morgan fingerprint density at radius 3 is 2.71 bits per heavy atom. The van der Waals surface area contributed by atoms with Gasteiger partial charge in [0.25, 0.3) is 5.56 Å². The Bertz CT molecular complexity index is 981. The minimum absolute atomic E-state index is 0.237. The lowest BCUT2D eigenvalue weighted by molar-refractivity contribution is -0.136. The normalized spacial score (nSPS) is 15.8. The minimum atomic E-state index is -0.532. The molecule has 1 aromatic carbocycles. The van der Waals surface area contributed by atoms with Gasteiger partial charge in [0.15, 0.2) is 5.16 Å². The quantitative estimate of drug-likeness (QED) is 0.331. The van der Waals surface area contributed by atoms with Gasteiger partial charge in [-0.3, -0.25) is 4.79 Å². The maximum atomic E-state index is 13.1. The number of hydrogen-bond donors (Lipinski definition) is 2. The number of unbranched alkanes of at least 4 members (excludes halogenated alkanes) is 1. The minimum Gasteiger partial charge on any atom is -0.466 e. The van der Waals surface area contributed by atoms with Crippen molar-refractivity contribution in [3.63, 3.8) is 0 Å². The molecule has 2 N–H and O–H groups in total. The second kappa shape index (κ2) is 8.65. The molecule has 0 bridgehead atoms. The van der Waals surface area contributed by atoms with E-state index in [1.165, 1.54) is 18.9 Å². The van der Waals surface area contributed by atoms with Crippen LogP contribution in [0, 0.1) is 6.92 Å². The van der Waals surface area contributed by atoms with Crippen molar-refractivity contribution >= 4 is 23.5 Å². The third-order valence-corrected chi connectivity index (χ3v) is 5.82. The number of benzene rings is 1. The van der Waals surface area contributed by atoms with Gasteiger partial charge in [0.2, 0.25) is 0 Å². The van der Waals surface area contributed by atoms with E-state index < -0.39 is 11.9 Å². The number of aryl methyl sites for hydroxylation is 1. The maximum Gasteiger partial charge on any atom is 0.336 e. The highest BCUT2D eigenvalue weighted by Crippen LogP contribution is 2.41. The van der Waals surface area contributed by atoms with Gasteiger partial charge in [0.05, 0.1) is 24.2 Å². The van der Waals surface area contributed by atoms with Gasteiger partial charge in [0, 0.05) is 11.4 Å². The Kier molecular flexibility index (Phi) is 6.24. The number of carbonyl (C=O) groups is 1. The molecule has 0 aliphatic carbocycles. The highest BCUT2D eigenvalue weighted by molar-refractivity contribution is 7.99. The van der Waals surface area contributed by atoms with Crippen molar-refractivity contribution in [1.29, 1.82) is 0 Å². The molecule has 0 radical (unpaired) electrons. The molecule has 0 fully saturated rings. The van der Waals surface area contributed by atoms with Crippen LogP contribution in [0.25, 0.3) is 0 Å². The van der Waals surface area contributed by atoms with Gasteiger partial charge in [-0.15, -0.1) is 0 Å². The predicted octanol–water partition coefficient (Wildman–Crippen LogP) is 3.97. The van der Waals surface area contributed by atoms with Crippen molar-refractivity contribution in [3.05, 3.63) is 62.6 Å². The summed E-state index contributed by atoms with van der Waals surface area (Å²) in [7, 11) is 1.35. The molecule has 1 aliphatic rings. The summed E-state index contributed by atoms with van der Waals surface area (Å²) < 4.78 is 5.02. The molecule has 2 heterocycles. The zero-order valence-electron chi connectivity index (χ0n) is 16.6. The van der Waals surface area contributed by atoms with Gasteiger partial charge in [-0.2, -0.15) is 0 Å². The van der Waals surface area contributed by atoms with Crippen LogP contribution in [-0.4, -0.2) is 28.8 Å². The molecular formula is C21H25N3O3S. The van der Waals surface area contributed by atoms with Crippen LogP contribution in [0.1, 0.15) is 49.3 Å². The molecule has 1 aliphatic heterocycles. The monoisotopic (exact) mass is 399 g/mol. The molecule has 6 nitrogen and oxygen atoms in total. The lowest BCUT2D eigenvalue weighted by Crippen LogP contribution is -2.31. The van der Waals surface area contributed by atoms with E-state index in [4.69, 9.17) is 4.74 Å². The number of anilines is 1. The van der Waals surface area contributed by atoms with Crippen LogP contribution in [-0.2, 0) is 9.53 Å². The molecule has 0 amide bonds. The van der Waals surface area contributed by atoms with Crippen molar-refractivity contribution in [2.24, 2.45) is 0 Å². The first-order valence-corrected chi connectivity index (χ1v) is 10.3. The van der Waals surface area contributed by atoms with Crippen molar-refractivity contribution in [1.82, 2.24) is 9.97 Å². The van der Waals surface area contributed by atoms with Crippen LogP contribution in [0.5, 0.6) is 0 Å². The lowest BCUT2D eigenvalue weighted by Gasteiger charge is -2.29. The molecule has 1 atom stereocenters. The zero-order valence-corrected chi connectivity index (χ0v) is 17.4. The average molecular weight is 400 g/mol. The molecule has 0 saturated heterocycles. The van der Waals surface area contributed by atoms with Crippen LogP contribution in [0.3, 0.4) is 0 Å². The number of nitrogens with zero attached hydrogens (tertiary/aromatic N) is 1. The summed E-state index contributed by atoms with van der Waals surface area (Å²) in [6.45, 7) is 5.91. The highest BCUT2D eigenvalue weighted by atomic mass is 32.2. The van der Waals surface area contributed by atoms with Gasteiger partial charge in [0.1, 0.15) is 5.82 Å². The molecule has 3 rings (SSSR count). The Morgan fingerprint density at radius 1 is 1.29 bits per heavy atom. The number of aromatic amines is 1. The number of hydrogen-bond acceptors (Lipinski definition) is 6. The Hall–Kier alpha value is -2.54. The zero-order chi connectivity index (χ0) is 20.3. The second-order valence-electron chi connectivity index (χ2n) is 6.78. The number of carbonyl (C=O) groups excluding carboxylic acids is 1. The summed E-state index contributed by atoms with van der Waals surface area (Å²) >= 11 is 1.53. The van der Waals surface area contributed by atoms with Crippen LogP contribution in [0.4, 0.5) is 5.82 Å². The summed E-state index contributed by atoms with van der Waals surface area (Å²) in [5, 5.41) is 3.74. The number of ether oxygens (including phenoxy) is 1. The van der Waals surface area contributed by atoms with Crippen molar-refractivity contribution in [2.45, 2.75) is 44.7 Å². The number of aromatic nitrogens is 2. The molecule has 1 aromatic heterocycles. The molecule has 2 aromatic rings. The number of methoxy groups -OCH3 is 1. The number of nitrogens with one attached hydrogen (secondary N) is 2. The van der Waals surface area contributed by atoms with Crippen LogP contribution in [0.2, 0.25) is 0 Å². The Labute approximate surface area is 168 Å². The van der Waals surface area contributed by atoms with E-state index >= 15 is 0 Å². The fraction of sp³-hybridized carbons (Fsp3) is 0.381. The summed E-state index contributed by atoms with van der Waals surface area (Å²) in [6, 6.07) is 7.75. The largest absolute Gasteiger partial charge is 0.466 e. The number of H-pyrrole nitrogens is 1. The van der Waals surface area contributed by atoms with Crippen LogP contribution in [0.15, 0.2) is 45.5 Å². The Morgan fingerprint density at radius 2 is 2.04 bits per heavy atom. The van der Waals surface area contributed by atoms with E-state index in [2.05, 4.69) is 22.2 Å².